The van der Waals surface area contributed by atoms with Crippen LogP contribution in [0.15, 0.2) is 24.3 Å². The lowest BCUT2D eigenvalue weighted by molar-refractivity contribution is -0.148. The molecule has 2 saturated heterocycles. The molecular weight excluding hydrogens is 328 g/mol. The van der Waals surface area contributed by atoms with Crippen LogP contribution in [0.4, 0.5) is 5.69 Å². The normalized spacial score (nSPS) is 25.7. The van der Waals surface area contributed by atoms with Crippen molar-refractivity contribution in [2.75, 3.05) is 44.7 Å². The lowest BCUT2D eigenvalue weighted by atomic mass is 9.83. The van der Waals surface area contributed by atoms with Crippen LogP contribution in [0.1, 0.15) is 38.5 Å². The van der Waals surface area contributed by atoms with E-state index in [4.69, 9.17) is 9.47 Å². The van der Waals surface area contributed by atoms with Gasteiger partial charge in [0.1, 0.15) is 11.9 Å². The van der Waals surface area contributed by atoms with Gasteiger partial charge in [0.05, 0.1) is 18.2 Å². The molecule has 0 aromatic heterocycles. The maximum atomic E-state index is 12.3. The summed E-state index contributed by atoms with van der Waals surface area (Å²) in [5, 5.41) is 0. The minimum absolute atomic E-state index is 0.0843. The van der Waals surface area contributed by atoms with Crippen molar-refractivity contribution in [1.29, 1.82) is 0 Å². The molecular formula is C21H30N2O3. The van der Waals surface area contributed by atoms with Gasteiger partial charge in [0.2, 0.25) is 0 Å². The van der Waals surface area contributed by atoms with Crippen LogP contribution in [0.25, 0.3) is 0 Å². The second-order valence-electron chi connectivity index (χ2n) is 8.01. The average Bonchev–Trinajstić information content (AvgIpc) is 3.28. The molecule has 1 aromatic carbocycles. The van der Waals surface area contributed by atoms with Crippen LogP contribution < -0.4 is 9.64 Å². The Morgan fingerprint density at radius 2 is 1.88 bits per heavy atom. The van der Waals surface area contributed by atoms with Crippen molar-refractivity contribution in [1.82, 2.24) is 4.90 Å². The van der Waals surface area contributed by atoms with Gasteiger partial charge in [0.15, 0.2) is 0 Å². The lowest BCUT2D eigenvalue weighted by Crippen LogP contribution is -2.47. The van der Waals surface area contributed by atoms with Gasteiger partial charge in [-0.2, -0.15) is 0 Å². The number of hydrogen-bond acceptors (Lipinski definition) is 5. The van der Waals surface area contributed by atoms with Gasteiger partial charge < -0.3 is 14.4 Å². The van der Waals surface area contributed by atoms with Crippen LogP contribution in [0.3, 0.4) is 0 Å². The molecule has 2 aliphatic heterocycles. The van der Waals surface area contributed by atoms with Gasteiger partial charge >= 0.3 is 5.97 Å². The fraction of sp³-hybridized carbons (Fsp3) is 0.667. The Bertz CT molecular complexity index is 634. The van der Waals surface area contributed by atoms with Crippen molar-refractivity contribution < 1.29 is 14.3 Å². The zero-order valence-electron chi connectivity index (χ0n) is 15.8. The molecule has 3 fully saturated rings. The Hall–Kier alpha value is -1.75. The Labute approximate surface area is 156 Å². The summed E-state index contributed by atoms with van der Waals surface area (Å²) in [6.45, 7) is 5.13. The molecule has 3 aliphatic rings. The molecule has 1 spiro atoms. The molecule has 1 atom stereocenters. The van der Waals surface area contributed by atoms with E-state index in [9.17, 15) is 4.79 Å². The van der Waals surface area contributed by atoms with Crippen LogP contribution in [0.2, 0.25) is 0 Å². The van der Waals surface area contributed by atoms with E-state index < -0.39 is 0 Å². The number of carbonyl (C=O) groups excluding carboxylic acids is 1. The first-order valence-corrected chi connectivity index (χ1v) is 10.0. The van der Waals surface area contributed by atoms with Crippen LogP contribution in [0.5, 0.6) is 5.75 Å². The molecule has 1 saturated carbocycles. The van der Waals surface area contributed by atoms with Crippen LogP contribution >= 0.6 is 0 Å². The number of nitrogens with zero attached hydrogens (tertiary/aromatic N) is 2. The molecule has 1 aromatic rings. The second kappa shape index (κ2) is 7.47. The minimum Gasteiger partial charge on any atom is -0.495 e. The molecule has 142 valence electrons. The standard InChI is InChI=1S/C21H30N2O3/c1-25-19-7-3-2-6-18(19)23-14-12-22(13-15-23)11-8-17-16-21(20(24)26-17)9-4-5-10-21/h2-3,6-7,17H,4-5,8-16H2,1H3/t17-/m0/s1. The number of ether oxygens (including phenoxy) is 2. The second-order valence-corrected chi connectivity index (χ2v) is 8.01. The number of benzene rings is 1. The topological polar surface area (TPSA) is 42.0 Å². The molecule has 5 heteroatoms. The van der Waals surface area contributed by atoms with E-state index in [1.54, 1.807) is 7.11 Å². The van der Waals surface area contributed by atoms with Gasteiger partial charge in [-0.15, -0.1) is 0 Å². The average molecular weight is 358 g/mol. The minimum atomic E-state index is -0.118. The van der Waals surface area contributed by atoms with Crippen LogP contribution in [-0.2, 0) is 9.53 Å². The molecule has 2 heterocycles. The predicted octanol–water partition coefficient (Wildman–Crippen LogP) is 3.08. The van der Waals surface area contributed by atoms with E-state index in [0.29, 0.717) is 0 Å². The first kappa shape index (κ1) is 17.7. The zero-order valence-corrected chi connectivity index (χ0v) is 15.8. The number of esters is 1. The van der Waals surface area contributed by atoms with Gasteiger partial charge in [-0.05, 0) is 31.4 Å². The smallest absolute Gasteiger partial charge is 0.312 e. The number of hydrogen-bond donors (Lipinski definition) is 0. The molecule has 0 N–H and O–H groups in total. The summed E-state index contributed by atoms with van der Waals surface area (Å²) in [6.07, 6.45) is 6.52. The predicted molar refractivity (Wildman–Crippen MR) is 102 cm³/mol. The summed E-state index contributed by atoms with van der Waals surface area (Å²) in [7, 11) is 1.73. The summed E-state index contributed by atoms with van der Waals surface area (Å²) in [6, 6.07) is 8.23. The summed E-state index contributed by atoms with van der Waals surface area (Å²) in [5.74, 6) is 1.03. The van der Waals surface area contributed by atoms with E-state index in [2.05, 4.69) is 21.9 Å². The summed E-state index contributed by atoms with van der Waals surface area (Å²) in [5.41, 5.74) is 1.07. The Kier molecular flexibility index (Phi) is 5.07. The number of methoxy groups -OCH3 is 1. The first-order valence-electron chi connectivity index (χ1n) is 10.0. The highest BCUT2D eigenvalue weighted by molar-refractivity contribution is 5.79. The van der Waals surface area contributed by atoms with Crippen molar-refractivity contribution in [3.8, 4) is 5.75 Å². The molecule has 0 unspecified atom stereocenters. The lowest BCUT2D eigenvalue weighted by Gasteiger charge is -2.36. The molecule has 0 amide bonds. The largest absolute Gasteiger partial charge is 0.495 e. The maximum Gasteiger partial charge on any atom is 0.312 e. The number of para-hydroxylation sites is 2. The highest BCUT2D eigenvalue weighted by Crippen LogP contribution is 2.48. The third-order valence-electron chi connectivity index (χ3n) is 6.45. The van der Waals surface area contributed by atoms with Crippen LogP contribution in [0, 0.1) is 5.41 Å². The first-order chi connectivity index (χ1) is 12.7. The fourth-order valence-electron chi connectivity index (χ4n) is 4.89. The molecule has 0 radical (unpaired) electrons. The van der Waals surface area contributed by atoms with E-state index in [1.165, 1.54) is 18.5 Å². The van der Waals surface area contributed by atoms with Crippen molar-refractivity contribution in [2.24, 2.45) is 5.41 Å². The Morgan fingerprint density at radius 1 is 1.15 bits per heavy atom. The molecule has 1 aliphatic carbocycles. The van der Waals surface area contributed by atoms with Crippen molar-refractivity contribution in [3.05, 3.63) is 24.3 Å². The number of rotatable bonds is 5. The monoisotopic (exact) mass is 358 g/mol. The highest BCUT2D eigenvalue weighted by Gasteiger charge is 2.50. The van der Waals surface area contributed by atoms with E-state index in [1.807, 2.05) is 12.1 Å². The number of cyclic esters (lactones) is 1. The van der Waals surface area contributed by atoms with Gasteiger partial charge in [-0.25, -0.2) is 0 Å². The Balaban J connectivity index is 1.25. The van der Waals surface area contributed by atoms with Crippen molar-refractivity contribution >= 4 is 11.7 Å². The number of anilines is 1. The fourth-order valence-corrected chi connectivity index (χ4v) is 4.89. The summed E-state index contributed by atoms with van der Waals surface area (Å²) in [4.78, 5) is 17.2. The third kappa shape index (κ3) is 3.41. The van der Waals surface area contributed by atoms with Gasteiger partial charge in [-0.1, -0.05) is 25.0 Å². The number of carbonyl (C=O) groups is 1. The van der Waals surface area contributed by atoms with Gasteiger partial charge in [0.25, 0.3) is 0 Å². The molecule has 26 heavy (non-hydrogen) atoms. The summed E-state index contributed by atoms with van der Waals surface area (Å²) < 4.78 is 11.2. The van der Waals surface area contributed by atoms with Crippen LogP contribution in [-0.4, -0.2) is 56.8 Å². The Morgan fingerprint density at radius 3 is 2.62 bits per heavy atom. The maximum absolute atomic E-state index is 12.3. The van der Waals surface area contributed by atoms with E-state index in [-0.39, 0.29) is 17.5 Å². The molecule has 0 bridgehead atoms. The SMILES string of the molecule is COc1ccccc1N1CCN(CC[C@H]2CC3(CCCC3)C(=O)O2)CC1. The van der Waals surface area contributed by atoms with Crippen molar-refractivity contribution in [2.45, 2.75) is 44.6 Å². The van der Waals surface area contributed by atoms with Crippen molar-refractivity contribution in [3.63, 3.8) is 0 Å². The van der Waals surface area contributed by atoms with Gasteiger partial charge in [-0.3, -0.25) is 9.69 Å². The summed E-state index contributed by atoms with van der Waals surface area (Å²) >= 11 is 0. The molecule has 5 nitrogen and oxygen atoms in total. The third-order valence-corrected chi connectivity index (χ3v) is 6.45. The quantitative estimate of drug-likeness (QED) is 0.757. The van der Waals surface area contributed by atoms with E-state index >= 15 is 0 Å². The zero-order chi connectivity index (χ0) is 18.0. The molecule has 4 rings (SSSR count). The van der Waals surface area contributed by atoms with E-state index in [0.717, 1.165) is 64.2 Å². The van der Waals surface area contributed by atoms with Gasteiger partial charge in [0, 0.05) is 39.1 Å². The number of piperazine rings is 1. The highest BCUT2D eigenvalue weighted by atomic mass is 16.6.